The molecule has 2 nitrogen and oxygen atoms in total. The molecule has 1 fully saturated rings. The summed E-state index contributed by atoms with van der Waals surface area (Å²) in [5, 5.41) is 0. The molecule has 0 amide bonds. The zero-order valence-corrected chi connectivity index (χ0v) is 7.42. The Kier molecular flexibility index (Phi) is 3.45. The Morgan fingerprint density at radius 1 is 0.917 bits per heavy atom. The second-order valence-electron chi connectivity index (χ2n) is 3.80. The van der Waals surface area contributed by atoms with Crippen molar-refractivity contribution in [1.82, 2.24) is 0 Å². The predicted octanol–water partition coefficient (Wildman–Crippen LogP) is 2.11. The molecule has 0 N–H and O–H groups in total. The zero-order valence-electron chi connectivity index (χ0n) is 7.42. The highest BCUT2D eigenvalue weighted by atomic mass is 16.1. The first-order valence-corrected chi connectivity index (χ1v) is 4.70. The van der Waals surface area contributed by atoms with Crippen LogP contribution in [0.1, 0.15) is 44.9 Å². The molecule has 0 radical (unpaired) electrons. The first-order valence-electron chi connectivity index (χ1n) is 4.70. The number of hydrogen-bond donors (Lipinski definition) is 0. The summed E-state index contributed by atoms with van der Waals surface area (Å²) in [5.41, 5.74) is 0.0434. The summed E-state index contributed by atoms with van der Waals surface area (Å²) in [6.45, 7) is 0. The van der Waals surface area contributed by atoms with Gasteiger partial charge in [-0.15, -0.1) is 0 Å². The van der Waals surface area contributed by atoms with Crippen LogP contribution in [0.25, 0.3) is 0 Å². The maximum atomic E-state index is 10.4. The van der Waals surface area contributed by atoms with Crippen molar-refractivity contribution in [2.45, 2.75) is 44.9 Å². The lowest BCUT2D eigenvalue weighted by atomic mass is 9.70. The van der Waals surface area contributed by atoms with Gasteiger partial charge in [-0.1, -0.05) is 19.3 Å². The maximum absolute atomic E-state index is 10.4. The highest BCUT2D eigenvalue weighted by Gasteiger charge is 2.30. The molecule has 2 heteroatoms. The summed E-state index contributed by atoms with van der Waals surface area (Å²) in [7, 11) is 0. The van der Waals surface area contributed by atoms with Crippen molar-refractivity contribution in [2.24, 2.45) is 5.41 Å². The Balaban J connectivity index is 2.55. The van der Waals surface area contributed by atoms with E-state index < -0.39 is 0 Å². The van der Waals surface area contributed by atoms with Gasteiger partial charge in [0.15, 0.2) is 0 Å². The topological polar surface area (TPSA) is 34.1 Å². The molecule has 0 aromatic carbocycles. The zero-order chi connectivity index (χ0) is 8.86. The standard InChI is InChI=1S/C10H16O2/c11-8-6-10(7-9-12)4-2-1-3-5-10/h8-9H,1-7H2. The molecule has 0 saturated heterocycles. The van der Waals surface area contributed by atoms with E-state index in [1.165, 1.54) is 19.3 Å². The van der Waals surface area contributed by atoms with E-state index in [2.05, 4.69) is 0 Å². The lowest BCUT2D eigenvalue weighted by Crippen LogP contribution is -2.25. The smallest absolute Gasteiger partial charge is 0.120 e. The summed E-state index contributed by atoms with van der Waals surface area (Å²) in [5.74, 6) is 0. The molecular formula is C10H16O2. The Hall–Kier alpha value is -0.660. The van der Waals surface area contributed by atoms with Gasteiger partial charge in [-0.3, -0.25) is 0 Å². The number of carbonyl (C=O) groups excluding carboxylic acids is 2. The monoisotopic (exact) mass is 168 g/mol. The summed E-state index contributed by atoms with van der Waals surface area (Å²) in [6.07, 6.45) is 8.83. The van der Waals surface area contributed by atoms with Gasteiger partial charge in [0, 0.05) is 12.8 Å². The number of carbonyl (C=O) groups is 2. The van der Waals surface area contributed by atoms with Crippen LogP contribution in [0.3, 0.4) is 0 Å². The van der Waals surface area contributed by atoms with E-state index >= 15 is 0 Å². The van der Waals surface area contributed by atoms with Crippen molar-refractivity contribution >= 4 is 12.6 Å². The number of rotatable bonds is 4. The van der Waals surface area contributed by atoms with Crippen molar-refractivity contribution in [3.05, 3.63) is 0 Å². The number of hydrogen-bond acceptors (Lipinski definition) is 2. The van der Waals surface area contributed by atoms with Gasteiger partial charge < -0.3 is 9.59 Å². The largest absolute Gasteiger partial charge is 0.303 e. The average molecular weight is 168 g/mol. The van der Waals surface area contributed by atoms with Crippen LogP contribution >= 0.6 is 0 Å². The summed E-state index contributed by atoms with van der Waals surface area (Å²) < 4.78 is 0. The van der Waals surface area contributed by atoms with Crippen molar-refractivity contribution in [3.63, 3.8) is 0 Å². The first kappa shape index (κ1) is 9.43. The third-order valence-corrected chi connectivity index (χ3v) is 2.95. The fourth-order valence-electron chi connectivity index (χ4n) is 2.15. The van der Waals surface area contributed by atoms with E-state index in [-0.39, 0.29) is 5.41 Å². The van der Waals surface area contributed by atoms with Gasteiger partial charge in [0.2, 0.25) is 0 Å². The van der Waals surface area contributed by atoms with Crippen LogP contribution in [0.15, 0.2) is 0 Å². The molecule has 0 atom stereocenters. The molecular weight excluding hydrogens is 152 g/mol. The number of aldehydes is 2. The lowest BCUT2D eigenvalue weighted by Gasteiger charge is -2.34. The highest BCUT2D eigenvalue weighted by molar-refractivity contribution is 5.56. The SMILES string of the molecule is O=CCC1(CC=O)CCCCC1. The average Bonchev–Trinajstić information content (AvgIpc) is 2.07. The molecule has 0 aromatic rings. The molecule has 0 bridgehead atoms. The minimum Gasteiger partial charge on any atom is -0.303 e. The Bertz CT molecular complexity index is 145. The molecule has 12 heavy (non-hydrogen) atoms. The molecule has 0 aliphatic heterocycles. The predicted molar refractivity (Wildman–Crippen MR) is 46.9 cm³/mol. The minimum absolute atomic E-state index is 0.0434. The second-order valence-corrected chi connectivity index (χ2v) is 3.80. The fourth-order valence-corrected chi connectivity index (χ4v) is 2.15. The second kappa shape index (κ2) is 4.39. The Morgan fingerprint density at radius 2 is 1.42 bits per heavy atom. The van der Waals surface area contributed by atoms with Crippen LogP contribution in [0, 0.1) is 5.41 Å². The van der Waals surface area contributed by atoms with Gasteiger partial charge in [0.1, 0.15) is 12.6 Å². The van der Waals surface area contributed by atoms with Crippen molar-refractivity contribution in [3.8, 4) is 0 Å². The third-order valence-electron chi connectivity index (χ3n) is 2.95. The van der Waals surface area contributed by atoms with Crippen LogP contribution in [0.5, 0.6) is 0 Å². The van der Waals surface area contributed by atoms with Gasteiger partial charge in [-0.25, -0.2) is 0 Å². The van der Waals surface area contributed by atoms with Gasteiger partial charge >= 0.3 is 0 Å². The van der Waals surface area contributed by atoms with Gasteiger partial charge in [0.05, 0.1) is 0 Å². The molecule has 1 aliphatic carbocycles. The summed E-state index contributed by atoms with van der Waals surface area (Å²) in [6, 6.07) is 0. The molecule has 1 saturated carbocycles. The Morgan fingerprint density at radius 3 is 1.83 bits per heavy atom. The summed E-state index contributed by atoms with van der Waals surface area (Å²) in [4.78, 5) is 20.9. The lowest BCUT2D eigenvalue weighted by molar-refractivity contribution is -0.113. The van der Waals surface area contributed by atoms with E-state index in [1.54, 1.807) is 0 Å². The molecule has 1 rings (SSSR count). The van der Waals surface area contributed by atoms with E-state index in [4.69, 9.17) is 0 Å². The van der Waals surface area contributed by atoms with Gasteiger partial charge in [-0.05, 0) is 18.3 Å². The molecule has 0 heterocycles. The normalized spacial score (nSPS) is 21.7. The highest BCUT2D eigenvalue weighted by Crippen LogP contribution is 2.40. The molecule has 68 valence electrons. The third kappa shape index (κ3) is 2.16. The minimum atomic E-state index is 0.0434. The molecule has 0 spiro atoms. The van der Waals surface area contributed by atoms with E-state index in [0.29, 0.717) is 12.8 Å². The molecule has 1 aliphatic rings. The fraction of sp³-hybridized carbons (Fsp3) is 0.800. The first-order chi connectivity index (χ1) is 5.83. The summed E-state index contributed by atoms with van der Waals surface area (Å²) >= 11 is 0. The van der Waals surface area contributed by atoms with E-state index in [0.717, 1.165) is 25.4 Å². The Labute approximate surface area is 73.3 Å². The van der Waals surface area contributed by atoms with Crippen molar-refractivity contribution < 1.29 is 9.59 Å². The van der Waals surface area contributed by atoms with Crippen LogP contribution in [-0.4, -0.2) is 12.6 Å². The van der Waals surface area contributed by atoms with Crippen LogP contribution < -0.4 is 0 Å². The van der Waals surface area contributed by atoms with Crippen molar-refractivity contribution in [2.75, 3.05) is 0 Å². The van der Waals surface area contributed by atoms with Gasteiger partial charge in [-0.2, -0.15) is 0 Å². The maximum Gasteiger partial charge on any atom is 0.120 e. The van der Waals surface area contributed by atoms with Gasteiger partial charge in [0.25, 0.3) is 0 Å². The molecule has 0 unspecified atom stereocenters. The van der Waals surface area contributed by atoms with E-state index in [9.17, 15) is 9.59 Å². The quantitative estimate of drug-likeness (QED) is 0.602. The van der Waals surface area contributed by atoms with Crippen LogP contribution in [0.4, 0.5) is 0 Å². The van der Waals surface area contributed by atoms with E-state index in [1.807, 2.05) is 0 Å². The van der Waals surface area contributed by atoms with Crippen LogP contribution in [0.2, 0.25) is 0 Å². The van der Waals surface area contributed by atoms with Crippen LogP contribution in [-0.2, 0) is 9.59 Å². The molecule has 0 aromatic heterocycles. The van der Waals surface area contributed by atoms with Crippen molar-refractivity contribution in [1.29, 1.82) is 0 Å².